The van der Waals surface area contributed by atoms with Gasteiger partial charge in [-0.2, -0.15) is 0 Å². The fourth-order valence-corrected chi connectivity index (χ4v) is 1.42. The van der Waals surface area contributed by atoms with Crippen LogP contribution in [-0.4, -0.2) is 6.04 Å². The van der Waals surface area contributed by atoms with Crippen LogP contribution in [0.25, 0.3) is 0 Å². The van der Waals surface area contributed by atoms with E-state index in [0.29, 0.717) is 11.5 Å². The summed E-state index contributed by atoms with van der Waals surface area (Å²) in [6, 6.07) is 0.498. The Morgan fingerprint density at radius 3 is 1.73 bits per heavy atom. The molecule has 0 aromatic carbocycles. The molecule has 1 aliphatic rings. The predicted molar refractivity (Wildman–Crippen MR) is 51.6 cm³/mol. The molecule has 0 bridgehead atoms. The molecule has 0 amide bonds. The number of hydrogen-bond acceptors (Lipinski definition) is 1. The molecule has 1 heteroatoms. The standard InChI is InChI=1S/C8H17N.C2H6/c1-8(2)5-3-7(9)4-6-8;1-2/h7H,3-6,9H2,1-2H3;1-2H3. The van der Waals surface area contributed by atoms with Crippen LogP contribution >= 0.6 is 0 Å². The lowest BCUT2D eigenvalue weighted by atomic mass is 9.76. The van der Waals surface area contributed by atoms with E-state index in [4.69, 9.17) is 5.73 Å². The van der Waals surface area contributed by atoms with Crippen molar-refractivity contribution >= 4 is 0 Å². The molecular weight excluding hydrogens is 134 g/mol. The van der Waals surface area contributed by atoms with Crippen molar-refractivity contribution in [3.8, 4) is 0 Å². The average molecular weight is 157 g/mol. The topological polar surface area (TPSA) is 26.0 Å². The Morgan fingerprint density at radius 2 is 1.45 bits per heavy atom. The summed E-state index contributed by atoms with van der Waals surface area (Å²) in [4.78, 5) is 0. The van der Waals surface area contributed by atoms with Crippen molar-refractivity contribution in [2.75, 3.05) is 0 Å². The Labute approximate surface area is 71.4 Å². The van der Waals surface area contributed by atoms with E-state index in [0.717, 1.165) is 0 Å². The maximum atomic E-state index is 5.76. The summed E-state index contributed by atoms with van der Waals surface area (Å²) in [5, 5.41) is 0. The predicted octanol–water partition coefficient (Wildman–Crippen LogP) is 2.94. The second kappa shape index (κ2) is 4.76. The van der Waals surface area contributed by atoms with E-state index in [-0.39, 0.29) is 0 Å². The molecule has 1 nitrogen and oxygen atoms in total. The van der Waals surface area contributed by atoms with Gasteiger partial charge in [-0.1, -0.05) is 27.7 Å². The molecule has 0 radical (unpaired) electrons. The minimum atomic E-state index is 0.498. The van der Waals surface area contributed by atoms with Gasteiger partial charge in [0.1, 0.15) is 0 Å². The van der Waals surface area contributed by atoms with Crippen LogP contribution in [0.2, 0.25) is 0 Å². The van der Waals surface area contributed by atoms with Crippen molar-refractivity contribution in [3.05, 3.63) is 0 Å². The molecule has 68 valence electrons. The van der Waals surface area contributed by atoms with Crippen LogP contribution in [0.3, 0.4) is 0 Å². The van der Waals surface area contributed by atoms with Gasteiger partial charge in [0, 0.05) is 6.04 Å². The quantitative estimate of drug-likeness (QED) is 0.575. The fourth-order valence-electron chi connectivity index (χ4n) is 1.42. The van der Waals surface area contributed by atoms with Gasteiger partial charge in [-0.3, -0.25) is 0 Å². The van der Waals surface area contributed by atoms with Gasteiger partial charge in [-0.05, 0) is 31.1 Å². The molecule has 2 N–H and O–H groups in total. The van der Waals surface area contributed by atoms with E-state index in [9.17, 15) is 0 Å². The monoisotopic (exact) mass is 157 g/mol. The second-order valence-corrected chi connectivity index (χ2v) is 4.00. The third-order valence-electron chi connectivity index (χ3n) is 2.38. The molecule has 0 aliphatic heterocycles. The lowest BCUT2D eigenvalue weighted by Gasteiger charge is -2.32. The van der Waals surface area contributed by atoms with Crippen molar-refractivity contribution < 1.29 is 0 Å². The first-order valence-electron chi connectivity index (χ1n) is 4.86. The molecule has 0 heterocycles. The summed E-state index contributed by atoms with van der Waals surface area (Å²) in [6.07, 6.45) is 5.09. The molecule has 11 heavy (non-hydrogen) atoms. The van der Waals surface area contributed by atoms with Crippen LogP contribution in [0.15, 0.2) is 0 Å². The smallest absolute Gasteiger partial charge is 0.00392 e. The normalized spacial score (nSPS) is 23.7. The highest BCUT2D eigenvalue weighted by atomic mass is 14.6. The molecule has 0 aromatic rings. The van der Waals surface area contributed by atoms with Gasteiger partial charge in [0.15, 0.2) is 0 Å². The molecule has 1 rings (SSSR count). The number of rotatable bonds is 0. The van der Waals surface area contributed by atoms with Crippen molar-refractivity contribution in [2.24, 2.45) is 11.1 Å². The summed E-state index contributed by atoms with van der Waals surface area (Å²) in [7, 11) is 0. The van der Waals surface area contributed by atoms with Gasteiger partial charge in [-0.25, -0.2) is 0 Å². The van der Waals surface area contributed by atoms with E-state index in [1.807, 2.05) is 13.8 Å². The summed E-state index contributed by atoms with van der Waals surface area (Å²) in [5.41, 5.74) is 6.34. The third-order valence-corrected chi connectivity index (χ3v) is 2.38. The van der Waals surface area contributed by atoms with Gasteiger partial charge in [0.25, 0.3) is 0 Å². The number of nitrogens with two attached hydrogens (primary N) is 1. The molecular formula is C10H23N. The molecule has 1 fully saturated rings. The fraction of sp³-hybridized carbons (Fsp3) is 1.00. The molecule has 1 saturated carbocycles. The largest absolute Gasteiger partial charge is 0.328 e. The molecule has 0 spiro atoms. The zero-order valence-electron chi connectivity index (χ0n) is 8.48. The van der Waals surface area contributed by atoms with Crippen molar-refractivity contribution in [3.63, 3.8) is 0 Å². The van der Waals surface area contributed by atoms with Crippen molar-refractivity contribution in [1.29, 1.82) is 0 Å². The Morgan fingerprint density at radius 1 is 1.09 bits per heavy atom. The summed E-state index contributed by atoms with van der Waals surface area (Å²) in [5.74, 6) is 0. The van der Waals surface area contributed by atoms with E-state index < -0.39 is 0 Å². The van der Waals surface area contributed by atoms with Crippen LogP contribution in [0.1, 0.15) is 53.4 Å². The highest BCUT2D eigenvalue weighted by Crippen LogP contribution is 2.34. The molecule has 0 atom stereocenters. The van der Waals surface area contributed by atoms with E-state index in [1.54, 1.807) is 0 Å². The van der Waals surface area contributed by atoms with Gasteiger partial charge < -0.3 is 5.73 Å². The maximum absolute atomic E-state index is 5.76. The third kappa shape index (κ3) is 4.41. The Kier molecular flexibility index (Phi) is 4.74. The molecule has 0 aromatic heterocycles. The first kappa shape index (κ1) is 11.0. The highest BCUT2D eigenvalue weighted by Gasteiger charge is 2.24. The zero-order chi connectivity index (χ0) is 8.91. The van der Waals surface area contributed by atoms with Gasteiger partial charge in [0.2, 0.25) is 0 Å². The van der Waals surface area contributed by atoms with Gasteiger partial charge >= 0.3 is 0 Å². The zero-order valence-corrected chi connectivity index (χ0v) is 8.48. The summed E-state index contributed by atoms with van der Waals surface area (Å²) < 4.78 is 0. The average Bonchev–Trinajstić information content (AvgIpc) is 2.00. The van der Waals surface area contributed by atoms with Gasteiger partial charge in [-0.15, -0.1) is 0 Å². The van der Waals surface area contributed by atoms with Crippen LogP contribution in [-0.2, 0) is 0 Å². The van der Waals surface area contributed by atoms with Crippen LogP contribution < -0.4 is 5.73 Å². The van der Waals surface area contributed by atoms with E-state index in [1.165, 1.54) is 25.7 Å². The maximum Gasteiger partial charge on any atom is 0.00392 e. The minimum absolute atomic E-state index is 0.498. The molecule has 0 saturated heterocycles. The summed E-state index contributed by atoms with van der Waals surface area (Å²) >= 11 is 0. The highest BCUT2D eigenvalue weighted by molar-refractivity contribution is 4.79. The lowest BCUT2D eigenvalue weighted by molar-refractivity contribution is 0.225. The van der Waals surface area contributed by atoms with Crippen molar-refractivity contribution in [1.82, 2.24) is 0 Å². The number of hydrogen-bond donors (Lipinski definition) is 1. The van der Waals surface area contributed by atoms with Crippen LogP contribution in [0, 0.1) is 5.41 Å². The second-order valence-electron chi connectivity index (χ2n) is 4.00. The SMILES string of the molecule is CC.CC1(C)CCC(N)CC1. The van der Waals surface area contributed by atoms with Gasteiger partial charge in [0.05, 0.1) is 0 Å². The first-order valence-corrected chi connectivity index (χ1v) is 4.86. The molecule has 0 unspecified atom stereocenters. The Balaban J connectivity index is 0.000000461. The van der Waals surface area contributed by atoms with Crippen molar-refractivity contribution in [2.45, 2.75) is 59.4 Å². The first-order chi connectivity index (χ1) is 5.10. The van der Waals surface area contributed by atoms with Crippen LogP contribution in [0.4, 0.5) is 0 Å². The Bertz CT molecular complexity index is 87.0. The Hall–Kier alpha value is -0.0400. The van der Waals surface area contributed by atoms with E-state index >= 15 is 0 Å². The van der Waals surface area contributed by atoms with E-state index in [2.05, 4.69) is 13.8 Å². The lowest BCUT2D eigenvalue weighted by Crippen LogP contribution is -2.30. The summed E-state index contributed by atoms with van der Waals surface area (Å²) in [6.45, 7) is 8.66. The van der Waals surface area contributed by atoms with Crippen LogP contribution in [0.5, 0.6) is 0 Å². The molecule has 1 aliphatic carbocycles. The minimum Gasteiger partial charge on any atom is -0.328 e.